The van der Waals surface area contributed by atoms with Gasteiger partial charge in [0.1, 0.15) is 17.5 Å². The fourth-order valence-corrected chi connectivity index (χ4v) is 1.86. The van der Waals surface area contributed by atoms with E-state index in [1.165, 1.54) is 12.1 Å². The first-order chi connectivity index (χ1) is 9.40. The zero-order valence-electron chi connectivity index (χ0n) is 9.88. The molecule has 0 bridgehead atoms. The van der Waals surface area contributed by atoms with Gasteiger partial charge in [0.05, 0.1) is 21.4 Å². The van der Waals surface area contributed by atoms with Crippen molar-refractivity contribution in [1.82, 2.24) is 0 Å². The summed E-state index contributed by atoms with van der Waals surface area (Å²) < 4.78 is 40.0. The van der Waals surface area contributed by atoms with E-state index in [-0.39, 0.29) is 21.4 Å². The molecule has 0 fully saturated rings. The predicted octanol–water partition coefficient (Wildman–Crippen LogP) is 3.70. The van der Waals surface area contributed by atoms with Crippen molar-refractivity contribution in [3.8, 4) is 0 Å². The third-order valence-electron chi connectivity index (χ3n) is 2.56. The number of nitrogen functional groups attached to an aromatic ring is 1. The summed E-state index contributed by atoms with van der Waals surface area (Å²) >= 11 is 2.82. The van der Waals surface area contributed by atoms with Crippen molar-refractivity contribution in [1.29, 1.82) is 0 Å². The van der Waals surface area contributed by atoms with Crippen LogP contribution in [0.15, 0.2) is 34.8 Å². The van der Waals surface area contributed by atoms with Crippen LogP contribution in [0.2, 0.25) is 0 Å². The van der Waals surface area contributed by atoms with Gasteiger partial charge in [0.25, 0.3) is 5.91 Å². The average Bonchev–Trinajstić information content (AvgIpc) is 2.39. The number of anilines is 2. The Morgan fingerprint density at radius 3 is 2.50 bits per heavy atom. The van der Waals surface area contributed by atoms with Crippen LogP contribution in [0.4, 0.5) is 24.5 Å². The number of hydrogen-bond donors (Lipinski definition) is 2. The van der Waals surface area contributed by atoms with Crippen molar-refractivity contribution in [3.63, 3.8) is 0 Å². The smallest absolute Gasteiger partial charge is 0.257 e. The molecule has 0 spiro atoms. The Labute approximate surface area is 120 Å². The maximum atomic E-state index is 13.6. The van der Waals surface area contributed by atoms with Gasteiger partial charge in [-0.25, -0.2) is 13.2 Å². The number of rotatable bonds is 2. The van der Waals surface area contributed by atoms with Gasteiger partial charge >= 0.3 is 0 Å². The lowest BCUT2D eigenvalue weighted by atomic mass is 10.1. The average molecular weight is 345 g/mol. The van der Waals surface area contributed by atoms with E-state index < -0.39 is 23.4 Å². The highest BCUT2D eigenvalue weighted by Gasteiger charge is 2.16. The number of carbonyl (C=O) groups excluding carboxylic acids is 1. The summed E-state index contributed by atoms with van der Waals surface area (Å²) in [4.78, 5) is 11.9. The monoisotopic (exact) mass is 344 g/mol. The van der Waals surface area contributed by atoms with E-state index in [2.05, 4.69) is 21.2 Å². The van der Waals surface area contributed by atoms with Crippen LogP contribution >= 0.6 is 15.9 Å². The molecule has 0 unspecified atom stereocenters. The summed E-state index contributed by atoms with van der Waals surface area (Å²) in [7, 11) is 0. The first-order valence-corrected chi connectivity index (χ1v) is 6.19. The van der Waals surface area contributed by atoms with Crippen LogP contribution in [-0.4, -0.2) is 5.91 Å². The molecule has 0 radical (unpaired) electrons. The fraction of sp³-hybridized carbons (Fsp3) is 0. The summed E-state index contributed by atoms with van der Waals surface area (Å²) in [6, 6.07) is 5.35. The molecule has 2 rings (SSSR count). The summed E-state index contributed by atoms with van der Waals surface area (Å²) in [6.07, 6.45) is 0. The molecular weight excluding hydrogens is 337 g/mol. The fourth-order valence-electron chi connectivity index (χ4n) is 1.54. The van der Waals surface area contributed by atoms with E-state index in [4.69, 9.17) is 5.73 Å². The Morgan fingerprint density at radius 2 is 1.80 bits per heavy atom. The van der Waals surface area contributed by atoms with Gasteiger partial charge in [-0.2, -0.15) is 0 Å². The molecule has 0 saturated heterocycles. The number of carbonyl (C=O) groups is 1. The second-order valence-corrected chi connectivity index (χ2v) is 4.76. The highest BCUT2D eigenvalue weighted by Crippen LogP contribution is 2.24. The van der Waals surface area contributed by atoms with Crippen LogP contribution in [-0.2, 0) is 0 Å². The van der Waals surface area contributed by atoms with Gasteiger partial charge < -0.3 is 11.1 Å². The molecule has 7 heteroatoms. The van der Waals surface area contributed by atoms with Gasteiger partial charge in [0.15, 0.2) is 0 Å². The second-order valence-electron chi connectivity index (χ2n) is 3.90. The molecule has 0 aliphatic carbocycles. The zero-order valence-corrected chi connectivity index (χ0v) is 11.5. The third kappa shape index (κ3) is 2.77. The number of para-hydroxylation sites is 1. The number of amides is 1. The van der Waals surface area contributed by atoms with Crippen molar-refractivity contribution >= 4 is 33.2 Å². The van der Waals surface area contributed by atoms with Gasteiger partial charge in [-0.3, -0.25) is 4.79 Å². The van der Waals surface area contributed by atoms with Crippen LogP contribution in [0.1, 0.15) is 10.4 Å². The van der Waals surface area contributed by atoms with Crippen molar-refractivity contribution < 1.29 is 18.0 Å². The van der Waals surface area contributed by atoms with Crippen LogP contribution < -0.4 is 11.1 Å². The SMILES string of the molecule is Nc1c(F)cccc1C(=O)Nc1cc(F)c(Br)cc1F. The van der Waals surface area contributed by atoms with Gasteiger partial charge in [-0.1, -0.05) is 6.07 Å². The Kier molecular flexibility index (Phi) is 3.99. The van der Waals surface area contributed by atoms with E-state index >= 15 is 0 Å². The van der Waals surface area contributed by atoms with Gasteiger partial charge in [0.2, 0.25) is 0 Å². The lowest BCUT2D eigenvalue weighted by Crippen LogP contribution is -2.16. The highest BCUT2D eigenvalue weighted by atomic mass is 79.9. The molecule has 0 heterocycles. The minimum atomic E-state index is -0.832. The Balaban J connectivity index is 2.33. The van der Waals surface area contributed by atoms with Gasteiger partial charge in [0, 0.05) is 6.07 Å². The lowest BCUT2D eigenvalue weighted by molar-refractivity contribution is 0.102. The molecule has 2 aromatic carbocycles. The molecule has 20 heavy (non-hydrogen) atoms. The maximum Gasteiger partial charge on any atom is 0.257 e. The Hall–Kier alpha value is -2.02. The summed E-state index contributed by atoms with van der Waals surface area (Å²) in [6.45, 7) is 0. The normalized spacial score (nSPS) is 10.4. The largest absolute Gasteiger partial charge is 0.396 e. The molecule has 2 aromatic rings. The van der Waals surface area contributed by atoms with Crippen molar-refractivity contribution in [2.45, 2.75) is 0 Å². The van der Waals surface area contributed by atoms with Crippen molar-refractivity contribution in [2.24, 2.45) is 0 Å². The van der Waals surface area contributed by atoms with Crippen molar-refractivity contribution in [2.75, 3.05) is 11.1 Å². The predicted molar refractivity (Wildman–Crippen MR) is 72.8 cm³/mol. The van der Waals surface area contributed by atoms with E-state index in [0.717, 1.165) is 18.2 Å². The molecule has 0 saturated carbocycles. The summed E-state index contributed by atoms with van der Waals surface area (Å²) in [5, 5.41) is 2.14. The first kappa shape index (κ1) is 14.4. The number of halogens is 4. The number of benzene rings is 2. The topological polar surface area (TPSA) is 55.1 Å². The molecule has 3 nitrogen and oxygen atoms in total. The number of nitrogens with two attached hydrogens (primary N) is 1. The third-order valence-corrected chi connectivity index (χ3v) is 3.16. The molecule has 1 amide bonds. The van der Waals surface area contributed by atoms with Crippen LogP contribution in [0, 0.1) is 17.5 Å². The van der Waals surface area contributed by atoms with Gasteiger partial charge in [-0.05, 0) is 34.1 Å². The molecule has 104 valence electrons. The summed E-state index contributed by atoms with van der Waals surface area (Å²) in [5.74, 6) is -3.17. The molecule has 0 aromatic heterocycles. The van der Waals surface area contributed by atoms with Crippen LogP contribution in [0.5, 0.6) is 0 Å². The minimum Gasteiger partial charge on any atom is -0.396 e. The number of hydrogen-bond acceptors (Lipinski definition) is 2. The zero-order chi connectivity index (χ0) is 14.9. The van der Waals surface area contributed by atoms with Gasteiger partial charge in [-0.15, -0.1) is 0 Å². The van der Waals surface area contributed by atoms with Crippen molar-refractivity contribution in [3.05, 3.63) is 57.8 Å². The Bertz CT molecular complexity index is 692. The highest BCUT2D eigenvalue weighted by molar-refractivity contribution is 9.10. The van der Waals surface area contributed by atoms with E-state index in [0.29, 0.717) is 0 Å². The second kappa shape index (κ2) is 5.54. The molecular formula is C13H8BrF3N2O. The molecule has 3 N–H and O–H groups in total. The summed E-state index contributed by atoms with van der Waals surface area (Å²) in [5.41, 5.74) is 4.54. The Morgan fingerprint density at radius 1 is 1.10 bits per heavy atom. The number of nitrogens with one attached hydrogen (secondary N) is 1. The minimum absolute atomic E-state index is 0.0710. The van der Waals surface area contributed by atoms with Crippen LogP contribution in [0.25, 0.3) is 0 Å². The van der Waals surface area contributed by atoms with Crippen LogP contribution in [0.3, 0.4) is 0 Å². The molecule has 0 atom stereocenters. The lowest BCUT2D eigenvalue weighted by Gasteiger charge is -2.09. The molecule has 0 aliphatic rings. The van der Waals surface area contributed by atoms with E-state index in [1.807, 2.05) is 0 Å². The first-order valence-electron chi connectivity index (χ1n) is 5.40. The standard InChI is InChI=1S/C13H8BrF3N2O/c14-7-4-10(17)11(5-9(7)16)19-13(20)6-2-1-3-8(15)12(6)18/h1-5H,18H2,(H,19,20). The van der Waals surface area contributed by atoms with E-state index in [9.17, 15) is 18.0 Å². The quantitative estimate of drug-likeness (QED) is 0.644. The maximum absolute atomic E-state index is 13.6. The molecule has 0 aliphatic heterocycles. The van der Waals surface area contributed by atoms with E-state index in [1.54, 1.807) is 0 Å².